The van der Waals surface area contributed by atoms with Crippen LogP contribution in [0.1, 0.15) is 18.2 Å². The van der Waals surface area contributed by atoms with Crippen molar-refractivity contribution in [2.24, 2.45) is 0 Å². The van der Waals surface area contributed by atoms with E-state index in [1.54, 1.807) is 13.1 Å². The van der Waals surface area contributed by atoms with E-state index in [9.17, 15) is 0 Å². The molecule has 0 aromatic carbocycles. The Balaban J connectivity index is 3.07. The lowest BCUT2D eigenvalue weighted by Crippen LogP contribution is -1.92. The summed E-state index contributed by atoms with van der Waals surface area (Å²) in [6.45, 7) is 3.70. The van der Waals surface area contributed by atoms with E-state index in [-0.39, 0.29) is 0 Å². The van der Waals surface area contributed by atoms with Crippen LogP contribution in [0, 0.1) is 12.3 Å². The summed E-state index contributed by atoms with van der Waals surface area (Å²) in [5.41, 5.74) is 2.50. The van der Waals surface area contributed by atoms with Gasteiger partial charge in [0.1, 0.15) is 0 Å². The number of nitrogens with zero attached hydrogens (tertiary/aromatic N) is 1. The monoisotopic (exact) mass is 134 g/mol. The smallest absolute Gasteiger partial charge is 0.0379 e. The van der Waals surface area contributed by atoms with Crippen LogP contribution in [-0.2, 0) is 0 Å². The van der Waals surface area contributed by atoms with Crippen molar-refractivity contribution in [3.63, 3.8) is 0 Å². The second-order valence-corrected chi connectivity index (χ2v) is 2.31. The molecule has 0 saturated heterocycles. The first kappa shape index (κ1) is 6.93. The first-order chi connectivity index (χ1) is 4.70. The van der Waals surface area contributed by atoms with Gasteiger partial charge in [-0.15, -0.1) is 0 Å². The summed E-state index contributed by atoms with van der Waals surface area (Å²) in [4.78, 5) is 4.03. The van der Waals surface area contributed by atoms with Crippen LogP contribution in [0.3, 0.4) is 0 Å². The van der Waals surface area contributed by atoms with Gasteiger partial charge in [-0.05, 0) is 31.5 Å². The largest absolute Gasteiger partial charge is 0.305 e. The molecule has 1 N–H and O–H groups in total. The average Bonchev–Trinajstić information content (AvgIpc) is 1.88. The molecule has 0 bridgehead atoms. The molecule has 0 unspecified atom stereocenters. The predicted octanol–water partition coefficient (Wildman–Crippen LogP) is 1.78. The molecule has 1 rings (SSSR count). The summed E-state index contributed by atoms with van der Waals surface area (Å²) in [6, 6.07) is 3.75. The Hall–Kier alpha value is -1.18. The van der Waals surface area contributed by atoms with Crippen LogP contribution >= 0.6 is 0 Å². The Labute approximate surface area is 60.4 Å². The van der Waals surface area contributed by atoms with Gasteiger partial charge in [-0.25, -0.2) is 0 Å². The highest BCUT2D eigenvalue weighted by Crippen LogP contribution is 2.00. The van der Waals surface area contributed by atoms with Crippen molar-refractivity contribution in [2.45, 2.75) is 13.8 Å². The highest BCUT2D eigenvalue weighted by Gasteiger charge is 1.93. The molecule has 1 aromatic rings. The minimum Gasteiger partial charge on any atom is -0.305 e. The summed E-state index contributed by atoms with van der Waals surface area (Å²) in [5, 5.41) is 7.30. The average molecular weight is 134 g/mol. The first-order valence-corrected chi connectivity index (χ1v) is 3.18. The van der Waals surface area contributed by atoms with Gasteiger partial charge in [0.05, 0.1) is 0 Å². The number of hydrogen-bond acceptors (Lipinski definition) is 2. The Morgan fingerprint density at radius 3 is 2.70 bits per heavy atom. The van der Waals surface area contributed by atoms with Crippen molar-refractivity contribution in [1.29, 1.82) is 5.41 Å². The number of rotatable bonds is 1. The zero-order valence-corrected chi connectivity index (χ0v) is 6.18. The van der Waals surface area contributed by atoms with E-state index in [0.29, 0.717) is 5.71 Å². The molecule has 0 aliphatic heterocycles. The number of nitrogens with one attached hydrogen (secondary N) is 1. The standard InChI is InChI=1S/C8H10N2/c1-6-5-8(7(2)9)3-4-10-6/h3-5,9H,1-2H3. The van der Waals surface area contributed by atoms with Crippen molar-refractivity contribution >= 4 is 5.71 Å². The molecule has 0 aliphatic carbocycles. The van der Waals surface area contributed by atoms with Gasteiger partial charge < -0.3 is 5.41 Å². The van der Waals surface area contributed by atoms with Crippen LogP contribution in [0.5, 0.6) is 0 Å². The fraction of sp³-hybridized carbons (Fsp3) is 0.250. The highest BCUT2D eigenvalue weighted by atomic mass is 14.6. The molecule has 2 nitrogen and oxygen atoms in total. The third-order valence-electron chi connectivity index (χ3n) is 1.33. The van der Waals surface area contributed by atoms with Crippen molar-refractivity contribution < 1.29 is 0 Å². The van der Waals surface area contributed by atoms with Crippen LogP contribution in [0.4, 0.5) is 0 Å². The molecular formula is C8H10N2. The van der Waals surface area contributed by atoms with E-state index in [1.165, 1.54) is 0 Å². The maximum atomic E-state index is 7.30. The lowest BCUT2D eigenvalue weighted by Gasteiger charge is -1.96. The van der Waals surface area contributed by atoms with Crippen LogP contribution in [-0.4, -0.2) is 10.7 Å². The zero-order chi connectivity index (χ0) is 7.56. The maximum absolute atomic E-state index is 7.30. The Kier molecular flexibility index (Phi) is 1.81. The van der Waals surface area contributed by atoms with E-state index >= 15 is 0 Å². The topological polar surface area (TPSA) is 36.7 Å². The van der Waals surface area contributed by atoms with E-state index in [1.807, 2.05) is 19.1 Å². The van der Waals surface area contributed by atoms with Gasteiger partial charge in [-0.1, -0.05) is 0 Å². The molecular weight excluding hydrogens is 124 g/mol. The molecule has 2 heteroatoms. The molecule has 0 fully saturated rings. The fourth-order valence-corrected chi connectivity index (χ4v) is 0.779. The van der Waals surface area contributed by atoms with Gasteiger partial charge in [0.25, 0.3) is 0 Å². The molecule has 52 valence electrons. The molecule has 0 spiro atoms. The number of aryl methyl sites for hydroxylation is 1. The van der Waals surface area contributed by atoms with E-state index < -0.39 is 0 Å². The minimum atomic E-state index is 0.588. The highest BCUT2D eigenvalue weighted by molar-refractivity contribution is 5.96. The van der Waals surface area contributed by atoms with Gasteiger partial charge in [-0.3, -0.25) is 4.98 Å². The lowest BCUT2D eigenvalue weighted by atomic mass is 10.2. The molecule has 0 amide bonds. The molecule has 0 radical (unpaired) electrons. The summed E-state index contributed by atoms with van der Waals surface area (Å²) in [5.74, 6) is 0. The number of hydrogen-bond donors (Lipinski definition) is 1. The van der Waals surface area contributed by atoms with E-state index in [2.05, 4.69) is 4.98 Å². The molecule has 0 atom stereocenters. The SMILES string of the molecule is CC(=N)c1ccnc(C)c1. The molecule has 0 saturated carbocycles. The summed E-state index contributed by atoms with van der Waals surface area (Å²) >= 11 is 0. The zero-order valence-electron chi connectivity index (χ0n) is 6.18. The summed E-state index contributed by atoms with van der Waals surface area (Å²) in [6.07, 6.45) is 1.72. The van der Waals surface area contributed by atoms with Gasteiger partial charge in [-0.2, -0.15) is 0 Å². The van der Waals surface area contributed by atoms with Crippen LogP contribution in [0.15, 0.2) is 18.3 Å². The quantitative estimate of drug-likeness (QED) is 0.584. The second kappa shape index (κ2) is 2.60. The molecule has 0 aliphatic rings. The lowest BCUT2D eigenvalue weighted by molar-refractivity contribution is 1.19. The second-order valence-electron chi connectivity index (χ2n) is 2.31. The number of pyridine rings is 1. The third-order valence-corrected chi connectivity index (χ3v) is 1.33. The van der Waals surface area contributed by atoms with Crippen LogP contribution in [0.25, 0.3) is 0 Å². The van der Waals surface area contributed by atoms with E-state index in [0.717, 1.165) is 11.3 Å². The van der Waals surface area contributed by atoms with Crippen molar-refractivity contribution in [1.82, 2.24) is 4.98 Å². The maximum Gasteiger partial charge on any atom is 0.0379 e. The first-order valence-electron chi connectivity index (χ1n) is 3.18. The molecule has 10 heavy (non-hydrogen) atoms. The predicted molar refractivity (Wildman–Crippen MR) is 41.5 cm³/mol. The van der Waals surface area contributed by atoms with Crippen molar-refractivity contribution in [2.75, 3.05) is 0 Å². The number of aromatic nitrogens is 1. The van der Waals surface area contributed by atoms with Gasteiger partial charge in [0.15, 0.2) is 0 Å². The summed E-state index contributed by atoms with van der Waals surface area (Å²) in [7, 11) is 0. The fourth-order valence-electron chi connectivity index (χ4n) is 0.779. The molecule has 1 aromatic heterocycles. The van der Waals surface area contributed by atoms with Crippen LogP contribution in [0.2, 0.25) is 0 Å². The molecule has 1 heterocycles. The Morgan fingerprint density at radius 1 is 1.60 bits per heavy atom. The van der Waals surface area contributed by atoms with Crippen LogP contribution < -0.4 is 0 Å². The Bertz CT molecular complexity index is 253. The van der Waals surface area contributed by atoms with E-state index in [4.69, 9.17) is 5.41 Å². The van der Waals surface area contributed by atoms with Gasteiger partial charge in [0, 0.05) is 17.6 Å². The van der Waals surface area contributed by atoms with Gasteiger partial charge >= 0.3 is 0 Å². The van der Waals surface area contributed by atoms with Crippen molar-refractivity contribution in [3.8, 4) is 0 Å². The third kappa shape index (κ3) is 1.41. The minimum absolute atomic E-state index is 0.588. The Morgan fingerprint density at radius 2 is 2.30 bits per heavy atom. The van der Waals surface area contributed by atoms with Crippen molar-refractivity contribution in [3.05, 3.63) is 29.6 Å². The normalized spacial score (nSPS) is 9.40. The van der Waals surface area contributed by atoms with Gasteiger partial charge in [0.2, 0.25) is 0 Å². The summed E-state index contributed by atoms with van der Waals surface area (Å²) < 4.78 is 0.